The second kappa shape index (κ2) is 4.39. The maximum atomic E-state index is 10.5. The normalized spacial score (nSPS) is 10.4. The molecule has 1 heterocycles. The van der Waals surface area contributed by atoms with E-state index in [0.717, 1.165) is 10.0 Å². The quantitative estimate of drug-likeness (QED) is 0.599. The van der Waals surface area contributed by atoms with Crippen LogP contribution in [0.1, 0.15) is 0 Å². The molecule has 4 nitrogen and oxygen atoms in total. The van der Waals surface area contributed by atoms with E-state index in [0.29, 0.717) is 10.2 Å². The van der Waals surface area contributed by atoms with E-state index in [1.165, 1.54) is 6.07 Å². The number of nitro groups is 1. The van der Waals surface area contributed by atoms with Gasteiger partial charge in [-0.05, 0) is 28.1 Å². The Labute approximate surface area is 108 Å². The van der Waals surface area contributed by atoms with Crippen LogP contribution in [-0.2, 0) is 0 Å². The summed E-state index contributed by atoms with van der Waals surface area (Å²) in [6, 6.07) is 8.67. The lowest BCUT2D eigenvalue weighted by Crippen LogP contribution is -1.82. The molecule has 82 valence electrons. The number of nitrogens with zero attached hydrogens (tertiary/aromatic N) is 1. The van der Waals surface area contributed by atoms with Crippen LogP contribution < -0.4 is 0 Å². The van der Waals surface area contributed by atoms with Gasteiger partial charge in [-0.3, -0.25) is 10.1 Å². The molecule has 2 aromatic rings. The van der Waals surface area contributed by atoms with E-state index in [2.05, 4.69) is 31.9 Å². The Bertz CT molecular complexity index is 533. The summed E-state index contributed by atoms with van der Waals surface area (Å²) in [5.41, 5.74) is 0.781. The predicted molar refractivity (Wildman–Crippen MR) is 66.2 cm³/mol. The molecule has 0 saturated carbocycles. The van der Waals surface area contributed by atoms with E-state index < -0.39 is 4.92 Å². The van der Waals surface area contributed by atoms with Gasteiger partial charge in [-0.1, -0.05) is 28.1 Å². The van der Waals surface area contributed by atoms with Crippen LogP contribution >= 0.6 is 31.9 Å². The smallest absolute Gasteiger partial charge is 0.399 e. The Balaban J connectivity index is 2.47. The Morgan fingerprint density at radius 2 is 1.81 bits per heavy atom. The molecule has 0 spiro atoms. The van der Waals surface area contributed by atoms with Crippen LogP contribution in [0.25, 0.3) is 11.3 Å². The van der Waals surface area contributed by atoms with Crippen molar-refractivity contribution < 1.29 is 9.34 Å². The molecule has 0 aliphatic carbocycles. The van der Waals surface area contributed by atoms with Crippen molar-refractivity contribution in [2.45, 2.75) is 0 Å². The number of hydrogen-bond donors (Lipinski definition) is 0. The number of halogens is 2. The summed E-state index contributed by atoms with van der Waals surface area (Å²) in [4.78, 5) is 9.97. The van der Waals surface area contributed by atoms with Crippen LogP contribution in [0, 0.1) is 10.1 Å². The molecule has 0 saturated heterocycles. The van der Waals surface area contributed by atoms with Gasteiger partial charge < -0.3 is 4.42 Å². The summed E-state index contributed by atoms with van der Waals surface area (Å²) in [5, 5.41) is 10.5. The molecule has 0 unspecified atom stereocenters. The van der Waals surface area contributed by atoms with Gasteiger partial charge in [0.25, 0.3) is 0 Å². The standard InChI is InChI=1S/C10H5Br2NO3/c11-7-3-1-6(2-4-7)10-8(12)5-9(16-10)13(14)15/h1-5H. The van der Waals surface area contributed by atoms with E-state index in [-0.39, 0.29) is 5.88 Å². The third-order valence-corrected chi connectivity index (χ3v) is 3.08. The van der Waals surface area contributed by atoms with Gasteiger partial charge in [0.2, 0.25) is 0 Å². The van der Waals surface area contributed by atoms with Crippen LogP contribution in [0.15, 0.2) is 43.7 Å². The fraction of sp³-hybridized carbons (Fsp3) is 0. The first-order chi connectivity index (χ1) is 7.58. The van der Waals surface area contributed by atoms with Crippen molar-refractivity contribution >= 4 is 37.7 Å². The Hall–Kier alpha value is -1.14. The molecule has 0 N–H and O–H groups in total. The van der Waals surface area contributed by atoms with Gasteiger partial charge in [0, 0.05) is 10.0 Å². The van der Waals surface area contributed by atoms with Crippen molar-refractivity contribution in [2.24, 2.45) is 0 Å². The molecular formula is C10H5Br2NO3. The van der Waals surface area contributed by atoms with Crippen molar-refractivity contribution in [3.8, 4) is 11.3 Å². The van der Waals surface area contributed by atoms with Crippen molar-refractivity contribution in [1.29, 1.82) is 0 Å². The second-order valence-electron chi connectivity index (χ2n) is 3.03. The zero-order valence-corrected chi connectivity index (χ0v) is 11.0. The summed E-state index contributed by atoms with van der Waals surface area (Å²) >= 11 is 6.55. The molecule has 16 heavy (non-hydrogen) atoms. The molecule has 0 radical (unpaired) electrons. The molecular weight excluding hydrogens is 342 g/mol. The van der Waals surface area contributed by atoms with Gasteiger partial charge in [-0.2, -0.15) is 0 Å². The van der Waals surface area contributed by atoms with E-state index in [1.54, 1.807) is 0 Å². The van der Waals surface area contributed by atoms with Crippen molar-refractivity contribution in [3.05, 3.63) is 49.4 Å². The Morgan fingerprint density at radius 1 is 1.19 bits per heavy atom. The summed E-state index contributed by atoms with van der Waals surface area (Å²) in [6.45, 7) is 0. The number of furan rings is 1. The third kappa shape index (κ3) is 2.17. The first-order valence-corrected chi connectivity index (χ1v) is 5.86. The highest BCUT2D eigenvalue weighted by atomic mass is 79.9. The molecule has 0 amide bonds. The van der Waals surface area contributed by atoms with E-state index in [1.807, 2.05) is 24.3 Å². The third-order valence-electron chi connectivity index (χ3n) is 1.96. The van der Waals surface area contributed by atoms with Gasteiger partial charge in [0.15, 0.2) is 5.76 Å². The SMILES string of the molecule is O=[N+]([O-])c1cc(Br)c(-c2ccc(Br)cc2)o1. The summed E-state index contributed by atoms with van der Waals surface area (Å²) in [5.74, 6) is 0.184. The molecule has 0 aliphatic heterocycles. The lowest BCUT2D eigenvalue weighted by atomic mass is 10.2. The van der Waals surface area contributed by atoms with Crippen molar-refractivity contribution in [1.82, 2.24) is 0 Å². The van der Waals surface area contributed by atoms with Crippen molar-refractivity contribution in [2.75, 3.05) is 0 Å². The van der Waals surface area contributed by atoms with Gasteiger partial charge in [-0.25, -0.2) is 0 Å². The van der Waals surface area contributed by atoms with Gasteiger partial charge in [0.05, 0.1) is 10.5 Å². The van der Waals surface area contributed by atoms with Gasteiger partial charge >= 0.3 is 5.88 Å². The highest BCUT2D eigenvalue weighted by Crippen LogP contribution is 2.35. The fourth-order valence-electron chi connectivity index (χ4n) is 1.24. The van der Waals surface area contributed by atoms with E-state index in [4.69, 9.17) is 4.42 Å². The van der Waals surface area contributed by atoms with Gasteiger partial charge in [0.1, 0.15) is 4.92 Å². The Kier molecular flexibility index (Phi) is 3.11. The number of benzene rings is 1. The second-order valence-corrected chi connectivity index (χ2v) is 4.80. The molecule has 0 bridgehead atoms. The van der Waals surface area contributed by atoms with Crippen LogP contribution in [0.2, 0.25) is 0 Å². The Morgan fingerprint density at radius 3 is 2.31 bits per heavy atom. The minimum absolute atomic E-state index is 0.273. The van der Waals surface area contributed by atoms with Crippen molar-refractivity contribution in [3.63, 3.8) is 0 Å². The fourth-order valence-corrected chi connectivity index (χ4v) is 2.01. The first kappa shape index (κ1) is 11.3. The minimum Gasteiger partial charge on any atom is -0.399 e. The summed E-state index contributed by atoms with van der Waals surface area (Å²) in [7, 11) is 0. The van der Waals surface area contributed by atoms with Crippen LogP contribution in [0.4, 0.5) is 5.88 Å². The van der Waals surface area contributed by atoms with Crippen LogP contribution in [0.5, 0.6) is 0 Å². The minimum atomic E-state index is -0.562. The lowest BCUT2D eigenvalue weighted by Gasteiger charge is -1.97. The highest BCUT2D eigenvalue weighted by Gasteiger charge is 2.18. The maximum absolute atomic E-state index is 10.5. The number of hydrogen-bond acceptors (Lipinski definition) is 3. The lowest BCUT2D eigenvalue weighted by molar-refractivity contribution is -0.401. The van der Waals surface area contributed by atoms with E-state index in [9.17, 15) is 10.1 Å². The summed E-state index contributed by atoms with van der Waals surface area (Å²) in [6.07, 6.45) is 0. The molecule has 6 heteroatoms. The monoisotopic (exact) mass is 345 g/mol. The number of rotatable bonds is 2. The molecule has 2 rings (SSSR count). The molecule has 0 fully saturated rings. The first-order valence-electron chi connectivity index (χ1n) is 4.27. The molecule has 1 aromatic heterocycles. The average molecular weight is 347 g/mol. The molecule has 0 aliphatic rings. The highest BCUT2D eigenvalue weighted by molar-refractivity contribution is 9.10. The largest absolute Gasteiger partial charge is 0.434 e. The topological polar surface area (TPSA) is 56.3 Å². The zero-order chi connectivity index (χ0) is 11.7. The maximum Gasteiger partial charge on any atom is 0.434 e. The molecule has 1 aromatic carbocycles. The van der Waals surface area contributed by atoms with Gasteiger partial charge in [-0.15, -0.1) is 0 Å². The van der Waals surface area contributed by atoms with Crippen LogP contribution in [0.3, 0.4) is 0 Å². The summed E-state index contributed by atoms with van der Waals surface area (Å²) < 4.78 is 6.65. The molecule has 0 atom stereocenters. The average Bonchev–Trinajstić information content (AvgIpc) is 2.62. The van der Waals surface area contributed by atoms with E-state index >= 15 is 0 Å². The zero-order valence-electron chi connectivity index (χ0n) is 7.81. The van der Waals surface area contributed by atoms with Crippen LogP contribution in [-0.4, -0.2) is 4.92 Å². The predicted octanol–water partition coefficient (Wildman–Crippen LogP) is 4.38.